The topological polar surface area (TPSA) is 43.4 Å². The summed E-state index contributed by atoms with van der Waals surface area (Å²) >= 11 is 6.03. The van der Waals surface area contributed by atoms with E-state index in [1.807, 2.05) is 6.07 Å². The van der Waals surface area contributed by atoms with Crippen LogP contribution in [0, 0.1) is 0 Å². The molecule has 0 aliphatic rings. The first-order valence-corrected chi connectivity index (χ1v) is 5.62. The molecule has 0 fully saturated rings. The van der Waals surface area contributed by atoms with Gasteiger partial charge in [0.05, 0.1) is 6.61 Å². The Hall–Kier alpha value is -0.840. The number of nitrogens with one attached hydrogen (secondary N) is 1. The summed E-state index contributed by atoms with van der Waals surface area (Å²) in [4.78, 5) is 4.15. The van der Waals surface area contributed by atoms with Gasteiger partial charge in [0.15, 0.2) is 0 Å². The standard InChI is InChI=1S/C11H17ClN2O2/c1-3-13-7-9-6-10(12)11(14-8-9)16-5-4-15-2/h6,8,13H,3-5,7H2,1-2H3. The Balaban J connectivity index is 2.53. The molecule has 1 rings (SSSR count). The van der Waals surface area contributed by atoms with Crippen LogP contribution in [0.15, 0.2) is 12.3 Å². The summed E-state index contributed by atoms with van der Waals surface area (Å²) < 4.78 is 10.2. The molecule has 0 spiro atoms. The second-order valence-corrected chi connectivity index (χ2v) is 3.66. The highest BCUT2D eigenvalue weighted by Gasteiger charge is 2.04. The van der Waals surface area contributed by atoms with Crippen molar-refractivity contribution in [2.45, 2.75) is 13.5 Å². The first kappa shape index (κ1) is 13.2. The van der Waals surface area contributed by atoms with E-state index in [4.69, 9.17) is 21.1 Å². The minimum absolute atomic E-state index is 0.454. The third-order valence-electron chi connectivity index (χ3n) is 1.97. The smallest absolute Gasteiger partial charge is 0.232 e. The fourth-order valence-electron chi connectivity index (χ4n) is 1.16. The molecular formula is C11H17ClN2O2. The molecule has 0 saturated heterocycles. The van der Waals surface area contributed by atoms with Crippen LogP contribution in [0.2, 0.25) is 5.02 Å². The van der Waals surface area contributed by atoms with E-state index in [-0.39, 0.29) is 0 Å². The monoisotopic (exact) mass is 244 g/mol. The molecule has 0 amide bonds. The largest absolute Gasteiger partial charge is 0.474 e. The average Bonchev–Trinajstić information content (AvgIpc) is 2.29. The van der Waals surface area contributed by atoms with Crippen LogP contribution in [-0.4, -0.2) is 31.9 Å². The van der Waals surface area contributed by atoms with Gasteiger partial charge in [-0.15, -0.1) is 0 Å². The summed E-state index contributed by atoms with van der Waals surface area (Å²) in [6.07, 6.45) is 1.76. The number of methoxy groups -OCH3 is 1. The molecule has 5 heteroatoms. The Morgan fingerprint density at radius 3 is 2.88 bits per heavy atom. The van der Waals surface area contributed by atoms with Crippen molar-refractivity contribution in [1.29, 1.82) is 0 Å². The van der Waals surface area contributed by atoms with E-state index in [1.165, 1.54) is 0 Å². The normalized spacial score (nSPS) is 10.4. The Bertz CT molecular complexity index is 321. The van der Waals surface area contributed by atoms with Crippen molar-refractivity contribution in [1.82, 2.24) is 10.3 Å². The third-order valence-corrected chi connectivity index (χ3v) is 2.24. The summed E-state index contributed by atoms with van der Waals surface area (Å²) in [5, 5.41) is 3.74. The zero-order valence-corrected chi connectivity index (χ0v) is 10.4. The molecule has 1 aromatic rings. The first-order valence-electron chi connectivity index (χ1n) is 5.24. The molecule has 1 heterocycles. The molecule has 0 saturated carbocycles. The van der Waals surface area contributed by atoms with Crippen LogP contribution in [0.4, 0.5) is 0 Å². The summed E-state index contributed by atoms with van der Waals surface area (Å²) in [6.45, 7) is 4.72. The fraction of sp³-hybridized carbons (Fsp3) is 0.545. The minimum Gasteiger partial charge on any atom is -0.474 e. The average molecular weight is 245 g/mol. The number of halogens is 1. The van der Waals surface area contributed by atoms with Crippen LogP contribution in [0.25, 0.3) is 0 Å². The molecule has 0 aliphatic carbocycles. The van der Waals surface area contributed by atoms with Crippen LogP contribution in [0.1, 0.15) is 12.5 Å². The molecule has 4 nitrogen and oxygen atoms in total. The molecule has 1 N–H and O–H groups in total. The van der Waals surface area contributed by atoms with Crippen LogP contribution >= 0.6 is 11.6 Å². The maximum Gasteiger partial charge on any atom is 0.232 e. The molecule has 0 aliphatic heterocycles. The summed E-state index contributed by atoms with van der Waals surface area (Å²) in [5.41, 5.74) is 1.05. The lowest BCUT2D eigenvalue weighted by molar-refractivity contribution is 0.144. The number of hydrogen-bond acceptors (Lipinski definition) is 4. The van der Waals surface area contributed by atoms with Gasteiger partial charge in [0.25, 0.3) is 0 Å². The molecule has 0 aromatic carbocycles. The van der Waals surface area contributed by atoms with Gasteiger partial charge in [0.2, 0.25) is 5.88 Å². The summed E-state index contributed by atoms with van der Waals surface area (Å²) in [7, 11) is 1.62. The maximum absolute atomic E-state index is 6.03. The minimum atomic E-state index is 0.454. The van der Waals surface area contributed by atoms with E-state index < -0.39 is 0 Å². The zero-order valence-electron chi connectivity index (χ0n) is 9.62. The van der Waals surface area contributed by atoms with Crippen molar-refractivity contribution >= 4 is 11.6 Å². The Kier molecular flexibility index (Phi) is 6.15. The van der Waals surface area contributed by atoms with Gasteiger partial charge in [0, 0.05) is 19.9 Å². The molecular weight excluding hydrogens is 228 g/mol. The number of aromatic nitrogens is 1. The van der Waals surface area contributed by atoms with E-state index >= 15 is 0 Å². The highest BCUT2D eigenvalue weighted by atomic mass is 35.5. The quantitative estimate of drug-likeness (QED) is 0.744. The van der Waals surface area contributed by atoms with Crippen molar-refractivity contribution in [3.8, 4) is 5.88 Å². The maximum atomic E-state index is 6.03. The number of pyridine rings is 1. The van der Waals surface area contributed by atoms with E-state index in [2.05, 4.69) is 17.2 Å². The fourth-order valence-corrected chi connectivity index (χ4v) is 1.40. The Morgan fingerprint density at radius 2 is 2.25 bits per heavy atom. The number of nitrogens with zero attached hydrogens (tertiary/aromatic N) is 1. The van der Waals surface area contributed by atoms with Crippen LogP contribution < -0.4 is 10.1 Å². The van der Waals surface area contributed by atoms with Gasteiger partial charge in [-0.2, -0.15) is 0 Å². The molecule has 90 valence electrons. The van der Waals surface area contributed by atoms with Crippen molar-refractivity contribution in [3.63, 3.8) is 0 Å². The van der Waals surface area contributed by atoms with Gasteiger partial charge in [-0.1, -0.05) is 18.5 Å². The van der Waals surface area contributed by atoms with Gasteiger partial charge in [-0.3, -0.25) is 0 Å². The van der Waals surface area contributed by atoms with E-state index in [0.717, 1.165) is 18.7 Å². The van der Waals surface area contributed by atoms with Crippen molar-refractivity contribution < 1.29 is 9.47 Å². The van der Waals surface area contributed by atoms with Crippen LogP contribution in [-0.2, 0) is 11.3 Å². The summed E-state index contributed by atoms with van der Waals surface area (Å²) in [6, 6.07) is 1.86. The van der Waals surface area contributed by atoms with Gasteiger partial charge in [-0.25, -0.2) is 4.98 Å². The van der Waals surface area contributed by atoms with E-state index in [1.54, 1.807) is 13.3 Å². The number of rotatable bonds is 7. The SMILES string of the molecule is CCNCc1cnc(OCCOC)c(Cl)c1. The molecule has 0 unspecified atom stereocenters. The molecule has 16 heavy (non-hydrogen) atoms. The molecule has 1 aromatic heterocycles. The molecule has 0 radical (unpaired) electrons. The van der Waals surface area contributed by atoms with Gasteiger partial charge in [-0.05, 0) is 18.2 Å². The molecule has 0 bridgehead atoms. The van der Waals surface area contributed by atoms with Crippen LogP contribution in [0.3, 0.4) is 0 Å². The van der Waals surface area contributed by atoms with Gasteiger partial charge in [0.1, 0.15) is 11.6 Å². The second-order valence-electron chi connectivity index (χ2n) is 3.25. The van der Waals surface area contributed by atoms with Gasteiger partial charge < -0.3 is 14.8 Å². The lowest BCUT2D eigenvalue weighted by atomic mass is 10.3. The lowest BCUT2D eigenvalue weighted by Crippen LogP contribution is -2.12. The third kappa shape index (κ3) is 4.35. The molecule has 0 atom stereocenters. The lowest BCUT2D eigenvalue weighted by Gasteiger charge is -2.08. The Morgan fingerprint density at radius 1 is 1.44 bits per heavy atom. The number of ether oxygens (including phenoxy) is 2. The van der Waals surface area contributed by atoms with Gasteiger partial charge >= 0.3 is 0 Å². The van der Waals surface area contributed by atoms with Crippen molar-refractivity contribution in [2.24, 2.45) is 0 Å². The predicted molar refractivity (Wildman–Crippen MR) is 64.0 cm³/mol. The second kappa shape index (κ2) is 7.44. The van der Waals surface area contributed by atoms with E-state index in [0.29, 0.717) is 24.1 Å². The highest BCUT2D eigenvalue weighted by Crippen LogP contribution is 2.22. The Labute approximate surface area is 101 Å². The zero-order chi connectivity index (χ0) is 11.8. The van der Waals surface area contributed by atoms with E-state index in [9.17, 15) is 0 Å². The first-order chi connectivity index (χ1) is 7.77. The van der Waals surface area contributed by atoms with Crippen molar-refractivity contribution in [2.75, 3.05) is 26.9 Å². The predicted octanol–water partition coefficient (Wildman–Crippen LogP) is 1.87. The van der Waals surface area contributed by atoms with Crippen molar-refractivity contribution in [3.05, 3.63) is 22.8 Å². The number of hydrogen-bond donors (Lipinski definition) is 1. The summed E-state index contributed by atoms with van der Waals surface area (Å²) in [5.74, 6) is 0.457. The highest BCUT2D eigenvalue weighted by molar-refractivity contribution is 6.31. The van der Waals surface area contributed by atoms with Crippen LogP contribution in [0.5, 0.6) is 5.88 Å².